The molecule has 4 atom stereocenters. The quantitative estimate of drug-likeness (QED) is 0.537. The number of carbonyl (C=O) groups excluding carboxylic acids is 1. The molecule has 2 saturated heterocycles. The van der Waals surface area contributed by atoms with Crippen LogP contribution < -0.4 is 5.32 Å². The van der Waals surface area contributed by atoms with Gasteiger partial charge in [-0.15, -0.1) is 11.3 Å². The normalized spacial score (nSPS) is 28.3. The van der Waals surface area contributed by atoms with Gasteiger partial charge >= 0.3 is 0 Å². The van der Waals surface area contributed by atoms with E-state index in [2.05, 4.69) is 15.3 Å². The van der Waals surface area contributed by atoms with Gasteiger partial charge < -0.3 is 10.2 Å². The molecule has 33 heavy (non-hydrogen) atoms. The predicted molar refractivity (Wildman–Crippen MR) is 129 cm³/mol. The molecule has 1 aromatic carbocycles. The number of thiophene rings is 1. The van der Waals surface area contributed by atoms with Crippen LogP contribution in [0.5, 0.6) is 0 Å². The number of aryl methyl sites for hydroxylation is 1. The van der Waals surface area contributed by atoms with E-state index in [-0.39, 0.29) is 29.6 Å². The minimum absolute atomic E-state index is 0.0584. The summed E-state index contributed by atoms with van der Waals surface area (Å²) >= 11 is 7.65. The van der Waals surface area contributed by atoms with Crippen molar-refractivity contribution >= 4 is 39.1 Å². The number of carbonyl (C=O) groups is 1. The number of nitrogens with one attached hydrogen (secondary N) is 1. The number of rotatable bonds is 4. The molecular formula is C25H26ClFN4OS. The summed E-state index contributed by atoms with van der Waals surface area (Å²) in [6, 6.07) is 8.13. The smallest absolute Gasteiger partial charge is 0.253 e. The minimum Gasteiger partial charge on any atom is -0.339 e. The van der Waals surface area contributed by atoms with Gasteiger partial charge in [-0.25, -0.2) is 14.4 Å². The van der Waals surface area contributed by atoms with Crippen LogP contribution in [0, 0.1) is 12.7 Å². The first-order valence-corrected chi connectivity index (χ1v) is 12.8. The summed E-state index contributed by atoms with van der Waals surface area (Å²) in [4.78, 5) is 25.0. The Kier molecular flexibility index (Phi) is 5.20. The second-order valence-electron chi connectivity index (χ2n) is 9.79. The Balaban J connectivity index is 1.21. The third-order valence-corrected chi connectivity index (χ3v) is 8.77. The fourth-order valence-electron chi connectivity index (χ4n) is 5.82. The van der Waals surface area contributed by atoms with E-state index in [4.69, 9.17) is 11.6 Å². The van der Waals surface area contributed by atoms with E-state index in [9.17, 15) is 4.79 Å². The summed E-state index contributed by atoms with van der Waals surface area (Å²) in [6.45, 7) is 1.87. The molecule has 1 saturated carbocycles. The number of amides is 1. The highest BCUT2D eigenvalue weighted by atomic mass is 35.5. The molecule has 3 fully saturated rings. The van der Waals surface area contributed by atoms with Crippen molar-refractivity contribution in [2.24, 2.45) is 0 Å². The maximum atomic E-state index is 15.2. The van der Waals surface area contributed by atoms with Gasteiger partial charge in [-0.3, -0.25) is 4.79 Å². The third kappa shape index (κ3) is 3.84. The number of hydrogen-bond acceptors (Lipinski definition) is 5. The van der Waals surface area contributed by atoms with E-state index in [1.165, 1.54) is 30.2 Å². The lowest BCUT2D eigenvalue weighted by Gasteiger charge is -2.35. The summed E-state index contributed by atoms with van der Waals surface area (Å²) in [7, 11) is 1.86. The van der Waals surface area contributed by atoms with Crippen LogP contribution in [0.2, 0.25) is 4.34 Å². The van der Waals surface area contributed by atoms with Crippen molar-refractivity contribution in [3.05, 3.63) is 57.1 Å². The minimum atomic E-state index is -0.308. The molecule has 1 amide bonds. The Bertz CT molecular complexity index is 1250. The average molecular weight is 485 g/mol. The molecule has 3 aromatic rings. The Hall–Kier alpha value is -2.09. The van der Waals surface area contributed by atoms with Gasteiger partial charge in [0.25, 0.3) is 5.91 Å². The Labute approximate surface area is 201 Å². The molecule has 2 aromatic heterocycles. The zero-order valence-electron chi connectivity index (χ0n) is 18.6. The maximum absolute atomic E-state index is 15.2. The largest absolute Gasteiger partial charge is 0.339 e. The van der Waals surface area contributed by atoms with Gasteiger partial charge in [-0.2, -0.15) is 0 Å². The van der Waals surface area contributed by atoms with Crippen molar-refractivity contribution in [3.63, 3.8) is 0 Å². The molecule has 4 unspecified atom stereocenters. The van der Waals surface area contributed by atoms with Crippen LogP contribution in [0.25, 0.3) is 10.2 Å². The molecule has 4 heterocycles. The SMILES string of the molecule is Cc1nc(C2CC2c2ccc(C(=O)N(C)C3CC4CCC(C3)N4)cc2F)c2cc(Cl)sc2n1. The van der Waals surface area contributed by atoms with Crippen LogP contribution in [-0.2, 0) is 0 Å². The topological polar surface area (TPSA) is 58.1 Å². The number of hydrogen-bond donors (Lipinski definition) is 1. The van der Waals surface area contributed by atoms with Gasteiger partial charge in [-0.1, -0.05) is 17.7 Å². The van der Waals surface area contributed by atoms with Crippen LogP contribution in [0.4, 0.5) is 4.39 Å². The van der Waals surface area contributed by atoms with Gasteiger partial charge in [0.15, 0.2) is 0 Å². The molecule has 0 radical (unpaired) electrons. The first kappa shape index (κ1) is 21.4. The average Bonchev–Trinajstić information content (AvgIpc) is 3.38. The summed E-state index contributed by atoms with van der Waals surface area (Å²) in [5.74, 6) is 0.502. The maximum Gasteiger partial charge on any atom is 0.253 e. The fraction of sp³-hybridized carbons (Fsp3) is 0.480. The standard InChI is InChI=1S/C25H26ClFN4OS/c1-12-28-23(20-11-22(26)33-24(20)29-12)19-10-18(19)17-6-3-13(7-21(17)27)25(32)31(2)16-8-14-4-5-15(9-16)30-14/h3,6-7,11,14-16,18-19,30H,4-5,8-10H2,1-2H3. The number of fused-ring (bicyclic) bond motifs is 3. The first-order chi connectivity index (χ1) is 15.9. The molecule has 0 spiro atoms. The van der Waals surface area contributed by atoms with E-state index in [1.807, 2.05) is 24.9 Å². The zero-order valence-corrected chi connectivity index (χ0v) is 20.2. The van der Waals surface area contributed by atoms with E-state index in [0.717, 1.165) is 35.2 Å². The monoisotopic (exact) mass is 484 g/mol. The van der Waals surface area contributed by atoms with Crippen molar-refractivity contribution < 1.29 is 9.18 Å². The molecule has 2 aliphatic heterocycles. The summed E-state index contributed by atoms with van der Waals surface area (Å²) < 4.78 is 15.9. The van der Waals surface area contributed by atoms with Gasteiger partial charge in [0.05, 0.1) is 10.0 Å². The lowest BCUT2D eigenvalue weighted by molar-refractivity contribution is 0.0681. The van der Waals surface area contributed by atoms with Crippen LogP contribution in [0.15, 0.2) is 24.3 Å². The third-order valence-electron chi connectivity index (χ3n) is 7.61. The Morgan fingerprint density at radius 2 is 1.91 bits per heavy atom. The lowest BCUT2D eigenvalue weighted by Crippen LogP contribution is -2.48. The van der Waals surface area contributed by atoms with E-state index in [1.54, 1.807) is 12.1 Å². The summed E-state index contributed by atoms with van der Waals surface area (Å²) in [5, 5.41) is 4.58. The molecule has 8 heteroatoms. The molecule has 2 bridgehead atoms. The second-order valence-corrected chi connectivity index (χ2v) is 11.5. The molecule has 1 aliphatic carbocycles. The number of aromatic nitrogens is 2. The van der Waals surface area contributed by atoms with Crippen molar-refractivity contribution in [2.75, 3.05) is 7.05 Å². The summed E-state index contributed by atoms with van der Waals surface area (Å²) in [6.07, 6.45) is 5.15. The van der Waals surface area contributed by atoms with Crippen LogP contribution in [0.3, 0.4) is 0 Å². The molecule has 1 N–H and O–H groups in total. The molecule has 6 rings (SSSR count). The van der Waals surface area contributed by atoms with Crippen LogP contribution in [0.1, 0.15) is 71.4 Å². The molecular weight excluding hydrogens is 459 g/mol. The lowest BCUT2D eigenvalue weighted by atomic mass is 9.97. The van der Waals surface area contributed by atoms with E-state index >= 15 is 4.39 Å². The number of nitrogens with zero attached hydrogens (tertiary/aromatic N) is 3. The van der Waals surface area contributed by atoms with E-state index < -0.39 is 0 Å². The van der Waals surface area contributed by atoms with E-state index in [0.29, 0.717) is 33.4 Å². The highest BCUT2D eigenvalue weighted by Gasteiger charge is 2.43. The van der Waals surface area contributed by atoms with Gasteiger partial charge in [0.2, 0.25) is 0 Å². The number of benzene rings is 1. The number of halogens is 2. The van der Waals surface area contributed by atoms with Gasteiger partial charge in [0, 0.05) is 42.0 Å². The van der Waals surface area contributed by atoms with Crippen LogP contribution >= 0.6 is 22.9 Å². The molecule has 3 aliphatic rings. The highest BCUT2D eigenvalue weighted by Crippen LogP contribution is 2.56. The van der Waals surface area contributed by atoms with Crippen molar-refractivity contribution in [1.82, 2.24) is 20.2 Å². The van der Waals surface area contributed by atoms with Gasteiger partial charge in [-0.05, 0) is 68.7 Å². The number of piperidine rings is 1. The predicted octanol–water partition coefficient (Wildman–Crippen LogP) is 5.42. The Morgan fingerprint density at radius 1 is 1.15 bits per heavy atom. The summed E-state index contributed by atoms with van der Waals surface area (Å²) in [5.41, 5.74) is 2.03. The first-order valence-electron chi connectivity index (χ1n) is 11.6. The zero-order chi connectivity index (χ0) is 22.9. The van der Waals surface area contributed by atoms with Crippen molar-refractivity contribution in [2.45, 2.75) is 69.0 Å². The van der Waals surface area contributed by atoms with Crippen molar-refractivity contribution in [3.8, 4) is 0 Å². The van der Waals surface area contributed by atoms with Crippen LogP contribution in [-0.4, -0.2) is 45.9 Å². The second kappa shape index (κ2) is 8.00. The highest BCUT2D eigenvalue weighted by molar-refractivity contribution is 7.22. The Morgan fingerprint density at radius 3 is 2.64 bits per heavy atom. The molecule has 172 valence electrons. The van der Waals surface area contributed by atoms with Gasteiger partial charge in [0.1, 0.15) is 16.5 Å². The molecule has 5 nitrogen and oxygen atoms in total. The fourth-order valence-corrected chi connectivity index (χ4v) is 6.96. The van der Waals surface area contributed by atoms with Crippen molar-refractivity contribution in [1.29, 1.82) is 0 Å².